The zero-order valence-corrected chi connectivity index (χ0v) is 10.8. The summed E-state index contributed by atoms with van der Waals surface area (Å²) in [5.74, 6) is 0. The molecule has 2 aromatic rings. The minimum Gasteiger partial charge on any atom is -0.348 e. The highest BCUT2D eigenvalue weighted by Crippen LogP contribution is 2.26. The lowest BCUT2D eigenvalue weighted by Gasteiger charge is -2.23. The van der Waals surface area contributed by atoms with Crippen LogP contribution in [-0.4, -0.2) is 18.2 Å². The largest absolute Gasteiger partial charge is 0.348 e. The standard InChI is InChI=1S/C13H12BrNO2/c14-11-2-3-12-9(7-11)6-10(8-15-12)13-16-4-1-5-17-13/h2-3,6-8,13H,1,4-5H2. The van der Waals surface area contributed by atoms with Crippen molar-refractivity contribution in [2.45, 2.75) is 12.7 Å². The van der Waals surface area contributed by atoms with Crippen LogP contribution in [0.25, 0.3) is 10.9 Å². The molecule has 3 rings (SSSR count). The number of ether oxygens (including phenoxy) is 2. The summed E-state index contributed by atoms with van der Waals surface area (Å²) in [6, 6.07) is 8.10. The monoisotopic (exact) mass is 293 g/mol. The van der Waals surface area contributed by atoms with E-state index in [4.69, 9.17) is 9.47 Å². The third-order valence-corrected chi connectivity index (χ3v) is 3.26. The zero-order chi connectivity index (χ0) is 11.7. The Bertz CT molecular complexity index is 538. The van der Waals surface area contributed by atoms with Gasteiger partial charge in [-0.25, -0.2) is 0 Å². The van der Waals surface area contributed by atoms with E-state index in [2.05, 4.69) is 33.0 Å². The van der Waals surface area contributed by atoms with Crippen LogP contribution in [0.3, 0.4) is 0 Å². The molecule has 1 aliphatic rings. The van der Waals surface area contributed by atoms with Gasteiger partial charge in [0.2, 0.25) is 0 Å². The molecular formula is C13H12BrNO2. The van der Waals surface area contributed by atoms with Crippen molar-refractivity contribution in [1.82, 2.24) is 4.98 Å². The lowest BCUT2D eigenvalue weighted by atomic mass is 10.1. The van der Waals surface area contributed by atoms with E-state index in [0.29, 0.717) is 0 Å². The number of nitrogens with zero attached hydrogens (tertiary/aromatic N) is 1. The summed E-state index contributed by atoms with van der Waals surface area (Å²) in [7, 11) is 0. The number of halogens is 1. The predicted octanol–water partition coefficient (Wildman–Crippen LogP) is 3.43. The highest BCUT2D eigenvalue weighted by Gasteiger charge is 2.17. The fraction of sp³-hybridized carbons (Fsp3) is 0.308. The minimum absolute atomic E-state index is 0.264. The van der Waals surface area contributed by atoms with E-state index in [-0.39, 0.29) is 6.29 Å². The van der Waals surface area contributed by atoms with Crippen molar-refractivity contribution < 1.29 is 9.47 Å². The quantitative estimate of drug-likeness (QED) is 0.807. The molecule has 1 saturated heterocycles. The van der Waals surface area contributed by atoms with E-state index < -0.39 is 0 Å². The van der Waals surface area contributed by atoms with Crippen LogP contribution in [0.5, 0.6) is 0 Å². The van der Waals surface area contributed by atoms with Crippen LogP contribution in [-0.2, 0) is 9.47 Å². The topological polar surface area (TPSA) is 31.4 Å². The summed E-state index contributed by atoms with van der Waals surface area (Å²) in [6.07, 6.45) is 2.52. The first-order valence-corrected chi connectivity index (χ1v) is 6.41. The lowest BCUT2D eigenvalue weighted by molar-refractivity contribution is -0.183. The van der Waals surface area contributed by atoms with E-state index in [9.17, 15) is 0 Å². The first kappa shape index (κ1) is 11.1. The number of aromatic nitrogens is 1. The van der Waals surface area contributed by atoms with Crippen LogP contribution in [0.15, 0.2) is 34.9 Å². The van der Waals surface area contributed by atoms with Crippen molar-refractivity contribution in [1.29, 1.82) is 0 Å². The van der Waals surface area contributed by atoms with Crippen molar-refractivity contribution in [2.75, 3.05) is 13.2 Å². The minimum atomic E-state index is -0.264. The van der Waals surface area contributed by atoms with Gasteiger partial charge in [-0.05, 0) is 30.7 Å². The molecule has 1 aromatic carbocycles. The molecule has 0 saturated carbocycles. The normalized spacial score (nSPS) is 17.5. The molecule has 3 nitrogen and oxygen atoms in total. The molecule has 88 valence electrons. The van der Waals surface area contributed by atoms with Gasteiger partial charge in [0.25, 0.3) is 0 Å². The van der Waals surface area contributed by atoms with Gasteiger partial charge in [-0.1, -0.05) is 15.9 Å². The maximum atomic E-state index is 5.57. The molecule has 0 radical (unpaired) electrons. The maximum Gasteiger partial charge on any atom is 0.185 e. The molecule has 0 amide bonds. The highest BCUT2D eigenvalue weighted by atomic mass is 79.9. The van der Waals surface area contributed by atoms with Crippen LogP contribution in [0.1, 0.15) is 18.3 Å². The van der Waals surface area contributed by atoms with Crippen molar-refractivity contribution >= 4 is 26.8 Å². The zero-order valence-electron chi connectivity index (χ0n) is 9.23. The smallest absolute Gasteiger partial charge is 0.185 e. The van der Waals surface area contributed by atoms with Gasteiger partial charge in [-0.3, -0.25) is 4.98 Å². The molecule has 0 aliphatic carbocycles. The molecule has 0 bridgehead atoms. The summed E-state index contributed by atoms with van der Waals surface area (Å²) < 4.78 is 12.2. The Morgan fingerprint density at radius 2 is 2.00 bits per heavy atom. The molecular weight excluding hydrogens is 282 g/mol. The number of pyridine rings is 1. The Kier molecular flexibility index (Phi) is 3.09. The van der Waals surface area contributed by atoms with Crippen molar-refractivity contribution in [2.24, 2.45) is 0 Å². The Morgan fingerprint density at radius 3 is 2.82 bits per heavy atom. The van der Waals surface area contributed by atoms with Gasteiger partial charge in [0.1, 0.15) is 0 Å². The second kappa shape index (κ2) is 4.72. The molecule has 0 atom stereocenters. The molecule has 1 aromatic heterocycles. The Hall–Kier alpha value is -0.970. The second-order valence-electron chi connectivity index (χ2n) is 4.03. The van der Waals surface area contributed by atoms with E-state index in [0.717, 1.165) is 40.6 Å². The molecule has 1 aliphatic heterocycles. The molecule has 2 heterocycles. The summed E-state index contributed by atoms with van der Waals surface area (Å²) in [6.45, 7) is 1.50. The number of benzene rings is 1. The lowest BCUT2D eigenvalue weighted by Crippen LogP contribution is -2.17. The molecule has 17 heavy (non-hydrogen) atoms. The van der Waals surface area contributed by atoms with Gasteiger partial charge in [0, 0.05) is 21.6 Å². The van der Waals surface area contributed by atoms with Crippen LogP contribution in [0, 0.1) is 0 Å². The fourth-order valence-corrected chi connectivity index (χ4v) is 2.31. The molecule has 1 fully saturated rings. The first-order chi connectivity index (χ1) is 8.33. The molecule has 0 spiro atoms. The van der Waals surface area contributed by atoms with Crippen molar-refractivity contribution in [3.8, 4) is 0 Å². The molecule has 0 N–H and O–H groups in total. The van der Waals surface area contributed by atoms with Crippen molar-refractivity contribution in [3.05, 3.63) is 40.5 Å². The van der Waals surface area contributed by atoms with E-state index >= 15 is 0 Å². The average molecular weight is 294 g/mol. The van der Waals surface area contributed by atoms with Gasteiger partial charge in [-0.15, -0.1) is 0 Å². The van der Waals surface area contributed by atoms with Crippen LogP contribution in [0.4, 0.5) is 0 Å². The third-order valence-electron chi connectivity index (χ3n) is 2.76. The van der Waals surface area contributed by atoms with Gasteiger partial charge in [-0.2, -0.15) is 0 Å². The van der Waals surface area contributed by atoms with Gasteiger partial charge in [0.05, 0.1) is 18.7 Å². The van der Waals surface area contributed by atoms with E-state index in [1.165, 1.54) is 0 Å². The van der Waals surface area contributed by atoms with Crippen LogP contribution >= 0.6 is 15.9 Å². The Balaban J connectivity index is 1.99. The highest BCUT2D eigenvalue weighted by molar-refractivity contribution is 9.10. The number of hydrogen-bond acceptors (Lipinski definition) is 3. The van der Waals surface area contributed by atoms with Gasteiger partial charge < -0.3 is 9.47 Å². The fourth-order valence-electron chi connectivity index (χ4n) is 1.93. The Morgan fingerprint density at radius 1 is 1.18 bits per heavy atom. The summed E-state index contributed by atoms with van der Waals surface area (Å²) in [5, 5.41) is 1.09. The van der Waals surface area contributed by atoms with Crippen LogP contribution in [0.2, 0.25) is 0 Å². The van der Waals surface area contributed by atoms with Gasteiger partial charge in [0.15, 0.2) is 6.29 Å². The Labute approximate surface area is 108 Å². The number of hydrogen-bond donors (Lipinski definition) is 0. The SMILES string of the molecule is Brc1ccc2ncc(C3OCCCO3)cc2c1. The van der Waals surface area contributed by atoms with Crippen molar-refractivity contribution in [3.63, 3.8) is 0 Å². The maximum absolute atomic E-state index is 5.57. The second-order valence-corrected chi connectivity index (χ2v) is 4.95. The van der Waals surface area contributed by atoms with Gasteiger partial charge >= 0.3 is 0 Å². The van der Waals surface area contributed by atoms with Crippen LogP contribution < -0.4 is 0 Å². The molecule has 4 heteroatoms. The predicted molar refractivity (Wildman–Crippen MR) is 68.7 cm³/mol. The number of fused-ring (bicyclic) bond motifs is 1. The first-order valence-electron chi connectivity index (χ1n) is 5.61. The van der Waals surface area contributed by atoms with E-state index in [1.807, 2.05) is 18.3 Å². The third kappa shape index (κ3) is 2.34. The summed E-state index contributed by atoms with van der Waals surface area (Å²) >= 11 is 3.46. The summed E-state index contributed by atoms with van der Waals surface area (Å²) in [5.41, 5.74) is 1.96. The summed E-state index contributed by atoms with van der Waals surface area (Å²) in [4.78, 5) is 4.42. The average Bonchev–Trinajstić information content (AvgIpc) is 2.39. The van der Waals surface area contributed by atoms with E-state index in [1.54, 1.807) is 0 Å². The number of rotatable bonds is 1. The molecule has 0 unspecified atom stereocenters.